The highest BCUT2D eigenvalue weighted by Crippen LogP contribution is 2.18. The first-order valence-electron chi connectivity index (χ1n) is 13.1. The van der Waals surface area contributed by atoms with E-state index in [2.05, 4.69) is 10.3 Å². The minimum atomic E-state index is -0.541. The third-order valence-electron chi connectivity index (χ3n) is 7.27. The van der Waals surface area contributed by atoms with E-state index in [1.807, 2.05) is 0 Å². The maximum absolute atomic E-state index is 13.8. The van der Waals surface area contributed by atoms with E-state index >= 15 is 0 Å². The highest BCUT2D eigenvalue weighted by molar-refractivity contribution is 5.79. The summed E-state index contributed by atoms with van der Waals surface area (Å²) < 4.78 is 4.01. The van der Waals surface area contributed by atoms with Gasteiger partial charge in [0.1, 0.15) is 5.65 Å². The van der Waals surface area contributed by atoms with Gasteiger partial charge in [-0.1, -0.05) is 43.2 Å². The number of hydrogen-bond acceptors (Lipinski definition) is 5. The van der Waals surface area contributed by atoms with Crippen molar-refractivity contribution < 1.29 is 4.79 Å². The molecular weight excluding hydrogens is 494 g/mol. The van der Waals surface area contributed by atoms with Crippen molar-refractivity contribution in [2.24, 2.45) is 0 Å². The van der Waals surface area contributed by atoms with Gasteiger partial charge in [-0.05, 0) is 54.8 Å². The monoisotopic (exact) mass is 521 g/mol. The third kappa shape index (κ3) is 4.79. The van der Waals surface area contributed by atoms with Crippen LogP contribution in [0.25, 0.3) is 22.2 Å². The van der Waals surface area contributed by atoms with Gasteiger partial charge in [0.2, 0.25) is 5.91 Å². The van der Waals surface area contributed by atoms with Gasteiger partial charge in [-0.25, -0.2) is 14.3 Å². The van der Waals surface area contributed by atoms with Gasteiger partial charge in [-0.15, -0.1) is 0 Å². The molecule has 0 aliphatic heterocycles. The lowest BCUT2D eigenvalue weighted by molar-refractivity contribution is -0.121. The summed E-state index contributed by atoms with van der Waals surface area (Å²) in [5, 5.41) is 3.45. The predicted molar refractivity (Wildman–Crippen MR) is 148 cm³/mol. The van der Waals surface area contributed by atoms with E-state index in [4.69, 9.17) is 0 Å². The lowest BCUT2D eigenvalue weighted by Gasteiger charge is -2.15. The summed E-state index contributed by atoms with van der Waals surface area (Å²) in [6.07, 6.45) is 6.20. The molecule has 3 heterocycles. The Kier molecular flexibility index (Phi) is 6.40. The van der Waals surface area contributed by atoms with E-state index in [-0.39, 0.29) is 30.5 Å². The smallest absolute Gasteiger partial charge is 0.336 e. The maximum Gasteiger partial charge on any atom is 0.336 e. The first-order valence-corrected chi connectivity index (χ1v) is 13.1. The van der Waals surface area contributed by atoms with E-state index in [9.17, 15) is 19.2 Å². The minimum absolute atomic E-state index is 0.0136. The van der Waals surface area contributed by atoms with Gasteiger partial charge in [0, 0.05) is 18.3 Å². The number of nitrogens with one attached hydrogen (secondary N) is 1. The Bertz CT molecular complexity index is 1880. The van der Waals surface area contributed by atoms with Crippen molar-refractivity contribution in [3.05, 3.63) is 121 Å². The second-order valence-electron chi connectivity index (χ2n) is 9.93. The molecule has 1 aliphatic carbocycles. The van der Waals surface area contributed by atoms with Crippen molar-refractivity contribution in [2.75, 3.05) is 0 Å². The van der Waals surface area contributed by atoms with Crippen LogP contribution in [0.2, 0.25) is 0 Å². The molecule has 0 bridgehead atoms. The van der Waals surface area contributed by atoms with Gasteiger partial charge < -0.3 is 5.32 Å². The molecule has 0 radical (unpaired) electrons. The van der Waals surface area contributed by atoms with Crippen LogP contribution in [0.5, 0.6) is 0 Å². The van der Waals surface area contributed by atoms with Crippen molar-refractivity contribution in [1.29, 1.82) is 0 Å². The second-order valence-corrected chi connectivity index (χ2v) is 9.93. The molecule has 1 fully saturated rings. The topological polar surface area (TPSA) is 107 Å². The van der Waals surface area contributed by atoms with Gasteiger partial charge in [0.05, 0.1) is 35.2 Å². The summed E-state index contributed by atoms with van der Waals surface area (Å²) in [6, 6.07) is 20.7. The van der Waals surface area contributed by atoms with Gasteiger partial charge in [-0.2, -0.15) is 0 Å². The number of benzene rings is 2. The highest BCUT2D eigenvalue weighted by atomic mass is 16.2. The van der Waals surface area contributed by atoms with Crippen molar-refractivity contribution in [3.63, 3.8) is 0 Å². The third-order valence-corrected chi connectivity index (χ3v) is 7.27. The van der Waals surface area contributed by atoms with E-state index in [0.717, 1.165) is 35.8 Å². The molecule has 0 spiro atoms. The molecule has 2 aromatic carbocycles. The van der Waals surface area contributed by atoms with E-state index in [1.54, 1.807) is 72.9 Å². The van der Waals surface area contributed by atoms with Crippen LogP contribution in [-0.4, -0.2) is 30.5 Å². The molecule has 39 heavy (non-hydrogen) atoms. The number of nitrogens with zero attached hydrogens (tertiary/aromatic N) is 4. The summed E-state index contributed by atoms with van der Waals surface area (Å²) >= 11 is 0. The zero-order chi connectivity index (χ0) is 26.9. The van der Waals surface area contributed by atoms with Crippen LogP contribution in [0.3, 0.4) is 0 Å². The van der Waals surface area contributed by atoms with Crippen molar-refractivity contribution >= 4 is 22.5 Å². The van der Waals surface area contributed by atoms with E-state index in [1.165, 1.54) is 15.0 Å². The van der Waals surface area contributed by atoms with Crippen molar-refractivity contribution in [2.45, 2.75) is 44.7 Å². The molecular formula is C30H27N5O4. The van der Waals surface area contributed by atoms with Crippen LogP contribution >= 0.6 is 0 Å². The summed E-state index contributed by atoms with van der Waals surface area (Å²) in [5.41, 5.74) is 1.30. The van der Waals surface area contributed by atoms with Gasteiger partial charge >= 0.3 is 5.69 Å². The van der Waals surface area contributed by atoms with Crippen LogP contribution < -0.4 is 22.1 Å². The Balaban J connectivity index is 1.37. The number of rotatable bonds is 6. The summed E-state index contributed by atoms with van der Waals surface area (Å²) in [4.78, 5) is 56.9. The number of carbonyl (C=O) groups is 1. The number of pyridine rings is 1. The fourth-order valence-corrected chi connectivity index (χ4v) is 5.34. The second kappa shape index (κ2) is 10.2. The molecule has 9 heteroatoms. The molecule has 1 saturated carbocycles. The van der Waals surface area contributed by atoms with E-state index in [0.29, 0.717) is 27.9 Å². The Morgan fingerprint density at radius 1 is 0.923 bits per heavy atom. The number of amides is 1. The molecule has 0 saturated heterocycles. The Morgan fingerprint density at radius 2 is 1.67 bits per heavy atom. The Morgan fingerprint density at radius 3 is 2.46 bits per heavy atom. The van der Waals surface area contributed by atoms with Crippen LogP contribution in [-0.2, 0) is 17.8 Å². The van der Waals surface area contributed by atoms with Crippen LogP contribution in [0.15, 0.2) is 93.4 Å². The minimum Gasteiger partial charge on any atom is -0.353 e. The van der Waals surface area contributed by atoms with Gasteiger partial charge in [0.25, 0.3) is 11.1 Å². The van der Waals surface area contributed by atoms with Gasteiger partial charge in [0.15, 0.2) is 0 Å². The predicted octanol–water partition coefficient (Wildman–Crippen LogP) is 2.81. The maximum atomic E-state index is 13.8. The zero-order valence-corrected chi connectivity index (χ0v) is 21.2. The quantitative estimate of drug-likeness (QED) is 0.370. The largest absolute Gasteiger partial charge is 0.353 e. The SMILES string of the molecule is O=C(Cc1ccc(-n2c(=O)c3ccccc3n(Cc3cc(=O)n4ccccc4n3)c2=O)cc1)NC1CCCC1. The van der Waals surface area contributed by atoms with Crippen molar-refractivity contribution in [3.8, 4) is 5.69 Å². The number of aromatic nitrogens is 4. The molecule has 6 rings (SSSR count). The number of hydrogen-bond donors (Lipinski definition) is 1. The standard InChI is InChI=1S/C30H27N5O4/c36-27(32-21-7-1-2-8-21)17-20-12-14-23(15-13-20)35-29(38)24-9-3-4-10-25(24)34(30(35)39)19-22-18-28(37)33-16-6-5-11-26(33)31-22/h3-6,9-16,18,21H,1-2,7-8,17,19H2,(H,32,36). The molecule has 9 nitrogen and oxygen atoms in total. The average molecular weight is 522 g/mol. The first-order chi connectivity index (χ1) is 19.0. The highest BCUT2D eigenvalue weighted by Gasteiger charge is 2.18. The van der Waals surface area contributed by atoms with Crippen LogP contribution in [0, 0.1) is 0 Å². The summed E-state index contributed by atoms with van der Waals surface area (Å²) in [6.45, 7) is 0.0136. The molecule has 5 aromatic rings. The first kappa shape index (κ1) is 24.5. The van der Waals surface area contributed by atoms with E-state index < -0.39 is 11.2 Å². The fourth-order valence-electron chi connectivity index (χ4n) is 5.34. The number of fused-ring (bicyclic) bond motifs is 2. The molecule has 3 aromatic heterocycles. The number of carbonyl (C=O) groups excluding carboxylic acids is 1. The molecule has 1 N–H and O–H groups in total. The summed E-state index contributed by atoms with van der Waals surface area (Å²) in [7, 11) is 0. The molecule has 1 aliphatic rings. The molecule has 0 unspecified atom stereocenters. The van der Waals surface area contributed by atoms with Crippen LogP contribution in [0.1, 0.15) is 36.9 Å². The number of para-hydroxylation sites is 1. The molecule has 1 amide bonds. The lowest BCUT2D eigenvalue weighted by Crippen LogP contribution is -2.39. The Hall–Kier alpha value is -4.79. The van der Waals surface area contributed by atoms with Crippen molar-refractivity contribution in [1.82, 2.24) is 23.8 Å². The average Bonchev–Trinajstić information content (AvgIpc) is 3.45. The fraction of sp³-hybridized carbons (Fsp3) is 0.233. The van der Waals surface area contributed by atoms with Crippen LogP contribution in [0.4, 0.5) is 0 Å². The molecule has 196 valence electrons. The Labute approximate surface area is 223 Å². The summed E-state index contributed by atoms with van der Waals surface area (Å²) in [5.74, 6) is -0.0290. The normalized spacial score (nSPS) is 13.7. The lowest BCUT2D eigenvalue weighted by atomic mass is 10.1. The zero-order valence-electron chi connectivity index (χ0n) is 21.2. The molecule has 0 atom stereocenters. The van der Waals surface area contributed by atoms with Gasteiger partial charge in [-0.3, -0.25) is 23.4 Å².